The van der Waals surface area contributed by atoms with Gasteiger partial charge in [-0.25, -0.2) is 4.98 Å². The summed E-state index contributed by atoms with van der Waals surface area (Å²) in [6.07, 6.45) is 9.59. The first-order valence-corrected chi connectivity index (χ1v) is 14.4. The van der Waals surface area contributed by atoms with Crippen molar-refractivity contribution < 1.29 is 14.7 Å². The number of aromatic nitrogens is 1. The molecule has 0 radical (unpaired) electrons. The van der Waals surface area contributed by atoms with Crippen molar-refractivity contribution in [3.05, 3.63) is 53.7 Å². The van der Waals surface area contributed by atoms with Gasteiger partial charge in [0, 0.05) is 24.9 Å². The van der Waals surface area contributed by atoms with Crippen molar-refractivity contribution in [2.75, 3.05) is 36.5 Å². The molecule has 2 heterocycles. The monoisotopic (exact) mass is 516 g/mol. The predicted molar refractivity (Wildman–Crippen MR) is 149 cm³/mol. The van der Waals surface area contributed by atoms with Gasteiger partial charge < -0.3 is 20.2 Å². The first-order chi connectivity index (χ1) is 18.6. The Morgan fingerprint density at radius 1 is 1.21 bits per heavy atom. The van der Waals surface area contributed by atoms with Crippen molar-refractivity contribution in [3.63, 3.8) is 0 Å². The van der Waals surface area contributed by atoms with Crippen LogP contribution in [0.5, 0.6) is 0 Å². The van der Waals surface area contributed by atoms with Crippen LogP contribution in [0.2, 0.25) is 0 Å². The molecule has 2 N–H and O–H groups in total. The first-order valence-electron chi connectivity index (χ1n) is 14.4. The summed E-state index contributed by atoms with van der Waals surface area (Å²) in [6, 6.07) is 12.9. The number of amides is 1. The Morgan fingerprint density at radius 3 is 2.84 bits per heavy atom. The zero-order valence-electron chi connectivity index (χ0n) is 22.4. The number of pyridine rings is 1. The molecule has 2 saturated carbocycles. The van der Waals surface area contributed by atoms with Gasteiger partial charge in [0.05, 0.1) is 30.8 Å². The molecule has 202 valence electrons. The number of aryl methyl sites for hydroxylation is 1. The molecular formula is C31H40N4O3. The Balaban J connectivity index is 1.07. The predicted octanol–water partition coefficient (Wildman–Crippen LogP) is 5.64. The van der Waals surface area contributed by atoms with Gasteiger partial charge in [0.2, 0.25) is 5.91 Å². The largest absolute Gasteiger partial charge is 0.411 e. The second-order valence-electron chi connectivity index (χ2n) is 11.9. The summed E-state index contributed by atoms with van der Waals surface area (Å²) in [7, 11) is 0. The van der Waals surface area contributed by atoms with Crippen LogP contribution in [0.3, 0.4) is 0 Å². The Kier molecular flexibility index (Phi) is 7.12. The number of fused-ring (bicyclic) bond motifs is 5. The zero-order valence-corrected chi connectivity index (χ0v) is 22.4. The standard InChI is InChI=1S/C31H40N4O3/c1-31-14-13-25-24-7-3-2-5-21(24)9-11-26(25)30(31)22(19-27(31)34-37)6-4-8-29(36)33-28-12-10-23(20-32-28)35-15-17-38-18-16-35/h2-3,5,7,10,12,20,22,25-26,30,37H,4,6,8-9,11,13-19H2,1H3,(H,32,33,36)/b34-27+/t22-,25?,26?,30?,31-/m1/s1. The van der Waals surface area contributed by atoms with E-state index in [9.17, 15) is 10.0 Å². The van der Waals surface area contributed by atoms with Crippen molar-refractivity contribution in [1.29, 1.82) is 0 Å². The fourth-order valence-electron chi connectivity index (χ4n) is 8.22. The SMILES string of the molecule is C[C@]12CCC3c4ccccc4CCC3C1[C@H](CCCC(=O)Nc1ccc(N3CCOCC3)cn1)C/C2=N\O. The Labute approximate surface area is 225 Å². The van der Waals surface area contributed by atoms with Gasteiger partial charge in [-0.05, 0) is 91.9 Å². The fourth-order valence-corrected chi connectivity index (χ4v) is 8.22. The molecule has 4 aliphatic rings. The Hall–Kier alpha value is -2.93. The van der Waals surface area contributed by atoms with Gasteiger partial charge in [0.25, 0.3) is 0 Å². The molecule has 0 bridgehead atoms. The lowest BCUT2D eigenvalue weighted by Crippen LogP contribution is -2.44. The average Bonchev–Trinajstić information content (AvgIpc) is 3.25. The van der Waals surface area contributed by atoms with E-state index in [1.807, 2.05) is 18.3 Å². The van der Waals surface area contributed by atoms with Gasteiger partial charge in [-0.2, -0.15) is 0 Å². The van der Waals surface area contributed by atoms with E-state index in [1.165, 1.54) is 18.4 Å². The fraction of sp³-hybridized carbons (Fsp3) is 0.581. The van der Waals surface area contributed by atoms with Gasteiger partial charge in [-0.3, -0.25) is 4.79 Å². The molecular weight excluding hydrogens is 476 g/mol. The number of nitrogens with one attached hydrogen (secondary N) is 1. The summed E-state index contributed by atoms with van der Waals surface area (Å²) in [5.41, 5.74) is 5.09. The molecule has 5 atom stereocenters. The Morgan fingerprint density at radius 2 is 2.05 bits per heavy atom. The number of carbonyl (C=O) groups is 1. The molecule has 1 aromatic heterocycles. The second kappa shape index (κ2) is 10.7. The molecule has 1 amide bonds. The quantitative estimate of drug-likeness (QED) is 0.383. The highest BCUT2D eigenvalue weighted by molar-refractivity contribution is 5.92. The van der Waals surface area contributed by atoms with Crippen LogP contribution >= 0.6 is 0 Å². The van der Waals surface area contributed by atoms with E-state index < -0.39 is 0 Å². The number of anilines is 2. The highest BCUT2D eigenvalue weighted by atomic mass is 16.5. The third-order valence-electron chi connectivity index (χ3n) is 10.0. The molecule has 3 aliphatic carbocycles. The third kappa shape index (κ3) is 4.70. The summed E-state index contributed by atoms with van der Waals surface area (Å²) in [4.78, 5) is 19.5. The minimum absolute atomic E-state index is 0.0153. The normalized spacial score (nSPS) is 31.4. The summed E-state index contributed by atoms with van der Waals surface area (Å²) >= 11 is 0. The maximum absolute atomic E-state index is 12.8. The molecule has 38 heavy (non-hydrogen) atoms. The maximum Gasteiger partial charge on any atom is 0.225 e. The summed E-state index contributed by atoms with van der Waals surface area (Å²) in [5, 5.41) is 16.7. The van der Waals surface area contributed by atoms with E-state index in [0.717, 1.165) is 69.8 Å². The van der Waals surface area contributed by atoms with Gasteiger partial charge in [0.15, 0.2) is 0 Å². The lowest BCUT2D eigenvalue weighted by atomic mass is 9.54. The average molecular weight is 517 g/mol. The van der Waals surface area contributed by atoms with Crippen molar-refractivity contribution in [2.45, 2.75) is 64.2 Å². The lowest BCUT2D eigenvalue weighted by Gasteiger charge is -2.50. The van der Waals surface area contributed by atoms with Crippen molar-refractivity contribution in [1.82, 2.24) is 4.98 Å². The summed E-state index contributed by atoms with van der Waals surface area (Å²) < 4.78 is 5.42. The summed E-state index contributed by atoms with van der Waals surface area (Å²) in [5.74, 6) is 2.82. The van der Waals surface area contributed by atoms with Crippen LogP contribution < -0.4 is 10.2 Å². The van der Waals surface area contributed by atoms with Crippen LogP contribution in [0.1, 0.15) is 68.9 Å². The van der Waals surface area contributed by atoms with Gasteiger partial charge in [-0.1, -0.05) is 36.3 Å². The minimum atomic E-state index is -0.0265. The minimum Gasteiger partial charge on any atom is -0.411 e. The van der Waals surface area contributed by atoms with Gasteiger partial charge in [0.1, 0.15) is 5.82 Å². The highest BCUT2D eigenvalue weighted by Gasteiger charge is 2.57. The topological polar surface area (TPSA) is 87.1 Å². The molecule has 7 heteroatoms. The number of hydrogen-bond acceptors (Lipinski definition) is 6. The highest BCUT2D eigenvalue weighted by Crippen LogP contribution is 2.62. The van der Waals surface area contributed by atoms with Crippen LogP contribution in [0.15, 0.2) is 47.8 Å². The molecule has 3 unspecified atom stereocenters. The van der Waals surface area contributed by atoms with E-state index in [2.05, 4.69) is 51.5 Å². The first kappa shape index (κ1) is 25.4. The van der Waals surface area contributed by atoms with Crippen LogP contribution in [0, 0.1) is 23.2 Å². The van der Waals surface area contributed by atoms with E-state index in [0.29, 0.717) is 35.9 Å². The van der Waals surface area contributed by atoms with Crippen molar-refractivity contribution in [2.24, 2.45) is 28.3 Å². The van der Waals surface area contributed by atoms with Crippen molar-refractivity contribution in [3.8, 4) is 0 Å². The lowest BCUT2D eigenvalue weighted by molar-refractivity contribution is -0.116. The van der Waals surface area contributed by atoms with Gasteiger partial charge >= 0.3 is 0 Å². The van der Waals surface area contributed by atoms with E-state index in [4.69, 9.17) is 4.74 Å². The molecule has 6 rings (SSSR count). The zero-order chi connectivity index (χ0) is 26.1. The number of nitrogens with zero attached hydrogens (tertiary/aromatic N) is 3. The molecule has 1 saturated heterocycles. The van der Waals surface area contributed by atoms with Crippen LogP contribution in [0.25, 0.3) is 0 Å². The van der Waals surface area contributed by atoms with Crippen LogP contribution in [-0.2, 0) is 16.0 Å². The number of benzene rings is 1. The molecule has 1 aromatic carbocycles. The van der Waals surface area contributed by atoms with E-state index >= 15 is 0 Å². The second-order valence-corrected chi connectivity index (χ2v) is 11.9. The number of carbonyl (C=O) groups excluding carboxylic acids is 1. The van der Waals surface area contributed by atoms with E-state index in [1.54, 1.807) is 5.56 Å². The van der Waals surface area contributed by atoms with Gasteiger partial charge in [-0.15, -0.1) is 0 Å². The molecule has 2 aromatic rings. The number of morpholine rings is 1. The van der Waals surface area contributed by atoms with Crippen LogP contribution in [-0.4, -0.2) is 48.1 Å². The molecule has 3 fully saturated rings. The Bertz CT molecular complexity index is 1180. The van der Waals surface area contributed by atoms with Crippen LogP contribution in [0.4, 0.5) is 11.5 Å². The number of hydrogen-bond donors (Lipinski definition) is 2. The maximum atomic E-state index is 12.8. The molecule has 7 nitrogen and oxygen atoms in total. The molecule has 1 aliphatic heterocycles. The summed E-state index contributed by atoms with van der Waals surface area (Å²) in [6.45, 7) is 5.54. The smallest absolute Gasteiger partial charge is 0.225 e. The third-order valence-corrected chi connectivity index (χ3v) is 10.0. The van der Waals surface area contributed by atoms with Crippen molar-refractivity contribution >= 4 is 23.1 Å². The number of oxime groups is 1. The number of rotatable bonds is 6. The molecule has 0 spiro atoms. The number of ether oxygens (including phenoxy) is 1. The van der Waals surface area contributed by atoms with E-state index in [-0.39, 0.29) is 11.3 Å².